The molecule has 12 heavy (non-hydrogen) atoms. The van der Waals surface area contributed by atoms with Crippen molar-refractivity contribution in [3.05, 3.63) is 27.3 Å². The van der Waals surface area contributed by atoms with Crippen LogP contribution >= 0.6 is 22.6 Å². The van der Waals surface area contributed by atoms with Crippen LogP contribution in [0, 0.1) is 3.57 Å². The number of hydrogen-bond donors (Lipinski definition) is 0. The van der Waals surface area contributed by atoms with Crippen LogP contribution in [-0.2, 0) is 11.3 Å². The van der Waals surface area contributed by atoms with E-state index in [1.165, 1.54) is 3.57 Å². The molecule has 0 aliphatic rings. The molecule has 1 aromatic carbocycles. The van der Waals surface area contributed by atoms with Gasteiger partial charge in [0.1, 0.15) is 5.75 Å². The lowest BCUT2D eigenvalue weighted by Gasteiger charge is -2.07. The third kappa shape index (κ3) is 2.35. The Morgan fingerprint density at radius 3 is 2.67 bits per heavy atom. The minimum atomic E-state index is 0.597. The highest BCUT2D eigenvalue weighted by molar-refractivity contribution is 14.1. The zero-order chi connectivity index (χ0) is 8.97. The van der Waals surface area contributed by atoms with Crippen molar-refractivity contribution in [2.24, 2.45) is 0 Å². The molecular formula is C9H11IO2. The fourth-order valence-corrected chi connectivity index (χ4v) is 1.46. The van der Waals surface area contributed by atoms with Gasteiger partial charge in [0.15, 0.2) is 0 Å². The van der Waals surface area contributed by atoms with E-state index in [4.69, 9.17) is 9.47 Å². The lowest BCUT2D eigenvalue weighted by atomic mass is 10.2. The Hall–Kier alpha value is -0.290. The molecule has 0 amide bonds. The normalized spacial score (nSPS) is 9.92. The Kier molecular flexibility index (Phi) is 3.81. The van der Waals surface area contributed by atoms with Crippen LogP contribution in [0.5, 0.6) is 5.75 Å². The van der Waals surface area contributed by atoms with E-state index in [9.17, 15) is 0 Å². The van der Waals surface area contributed by atoms with Crippen LogP contribution in [0.3, 0.4) is 0 Å². The summed E-state index contributed by atoms with van der Waals surface area (Å²) in [6, 6.07) is 6.05. The number of benzene rings is 1. The summed E-state index contributed by atoms with van der Waals surface area (Å²) in [5.74, 6) is 0.892. The minimum Gasteiger partial charge on any atom is -0.496 e. The standard InChI is InChI=1S/C9H11IO2/c1-11-6-7-3-4-8(10)5-9(7)12-2/h3-5H,6H2,1-2H3. The summed E-state index contributed by atoms with van der Waals surface area (Å²) in [7, 11) is 3.35. The Balaban J connectivity index is 2.94. The van der Waals surface area contributed by atoms with E-state index in [1.54, 1.807) is 14.2 Å². The average molecular weight is 278 g/mol. The molecular weight excluding hydrogens is 267 g/mol. The molecule has 0 saturated carbocycles. The van der Waals surface area contributed by atoms with Crippen molar-refractivity contribution >= 4 is 22.6 Å². The summed E-state index contributed by atoms with van der Waals surface area (Å²) in [4.78, 5) is 0. The summed E-state index contributed by atoms with van der Waals surface area (Å²) in [5.41, 5.74) is 1.08. The highest BCUT2D eigenvalue weighted by Crippen LogP contribution is 2.21. The number of hydrogen-bond acceptors (Lipinski definition) is 2. The van der Waals surface area contributed by atoms with Gasteiger partial charge in [-0.15, -0.1) is 0 Å². The predicted molar refractivity (Wildman–Crippen MR) is 56.4 cm³/mol. The SMILES string of the molecule is COCc1ccc(I)cc1OC. The van der Waals surface area contributed by atoms with Gasteiger partial charge in [0.25, 0.3) is 0 Å². The minimum absolute atomic E-state index is 0.597. The quantitative estimate of drug-likeness (QED) is 0.791. The van der Waals surface area contributed by atoms with E-state index < -0.39 is 0 Å². The van der Waals surface area contributed by atoms with Crippen LogP contribution < -0.4 is 4.74 Å². The molecule has 0 fully saturated rings. The van der Waals surface area contributed by atoms with E-state index in [2.05, 4.69) is 22.6 Å². The molecule has 0 aromatic heterocycles. The van der Waals surface area contributed by atoms with Crippen molar-refractivity contribution in [3.63, 3.8) is 0 Å². The highest BCUT2D eigenvalue weighted by atomic mass is 127. The zero-order valence-corrected chi connectivity index (χ0v) is 9.29. The fourth-order valence-electron chi connectivity index (χ4n) is 0.993. The highest BCUT2D eigenvalue weighted by Gasteiger charge is 2.01. The Labute approximate surface area is 86.0 Å². The van der Waals surface area contributed by atoms with Crippen molar-refractivity contribution < 1.29 is 9.47 Å². The summed E-state index contributed by atoms with van der Waals surface area (Å²) < 4.78 is 11.4. The first-order valence-electron chi connectivity index (χ1n) is 3.59. The van der Waals surface area contributed by atoms with Gasteiger partial charge in [0.2, 0.25) is 0 Å². The van der Waals surface area contributed by atoms with E-state index in [1.807, 2.05) is 18.2 Å². The van der Waals surface area contributed by atoms with Crippen LogP contribution in [-0.4, -0.2) is 14.2 Å². The van der Waals surface area contributed by atoms with Crippen LogP contribution in [0.4, 0.5) is 0 Å². The lowest BCUT2D eigenvalue weighted by molar-refractivity contribution is 0.181. The smallest absolute Gasteiger partial charge is 0.125 e. The maximum atomic E-state index is 5.19. The van der Waals surface area contributed by atoms with Gasteiger partial charge in [0.05, 0.1) is 13.7 Å². The zero-order valence-electron chi connectivity index (χ0n) is 7.13. The van der Waals surface area contributed by atoms with Gasteiger partial charge in [-0.05, 0) is 34.7 Å². The number of methoxy groups -OCH3 is 2. The molecule has 2 nitrogen and oxygen atoms in total. The summed E-state index contributed by atoms with van der Waals surface area (Å²) >= 11 is 2.25. The molecule has 0 atom stereocenters. The molecule has 0 bridgehead atoms. The van der Waals surface area contributed by atoms with Crippen molar-refractivity contribution in [3.8, 4) is 5.75 Å². The second kappa shape index (κ2) is 4.67. The molecule has 1 rings (SSSR count). The van der Waals surface area contributed by atoms with E-state index >= 15 is 0 Å². The van der Waals surface area contributed by atoms with Crippen LogP contribution in [0.15, 0.2) is 18.2 Å². The molecule has 66 valence electrons. The van der Waals surface area contributed by atoms with E-state index in [0.717, 1.165) is 11.3 Å². The third-order valence-corrected chi connectivity index (χ3v) is 2.22. The Bertz CT molecular complexity index is 261. The van der Waals surface area contributed by atoms with E-state index in [0.29, 0.717) is 6.61 Å². The van der Waals surface area contributed by atoms with Crippen LogP contribution in [0.2, 0.25) is 0 Å². The van der Waals surface area contributed by atoms with Gasteiger partial charge in [-0.3, -0.25) is 0 Å². The molecule has 0 saturated heterocycles. The van der Waals surface area contributed by atoms with Crippen molar-refractivity contribution in [2.75, 3.05) is 14.2 Å². The molecule has 0 radical (unpaired) electrons. The van der Waals surface area contributed by atoms with Gasteiger partial charge in [-0.25, -0.2) is 0 Å². The van der Waals surface area contributed by atoms with Crippen molar-refractivity contribution in [1.82, 2.24) is 0 Å². The second-order valence-electron chi connectivity index (χ2n) is 2.39. The number of ether oxygens (including phenoxy) is 2. The third-order valence-electron chi connectivity index (χ3n) is 1.55. The first kappa shape index (κ1) is 9.80. The molecule has 3 heteroatoms. The molecule has 0 unspecified atom stereocenters. The molecule has 0 heterocycles. The maximum Gasteiger partial charge on any atom is 0.125 e. The molecule has 0 N–H and O–H groups in total. The van der Waals surface area contributed by atoms with Gasteiger partial charge >= 0.3 is 0 Å². The monoisotopic (exact) mass is 278 g/mol. The Morgan fingerprint density at radius 2 is 2.08 bits per heavy atom. The summed E-state index contributed by atoms with van der Waals surface area (Å²) in [6.07, 6.45) is 0. The van der Waals surface area contributed by atoms with E-state index in [-0.39, 0.29) is 0 Å². The molecule has 0 spiro atoms. The first-order valence-corrected chi connectivity index (χ1v) is 4.67. The van der Waals surface area contributed by atoms with Crippen molar-refractivity contribution in [2.45, 2.75) is 6.61 Å². The topological polar surface area (TPSA) is 18.5 Å². The second-order valence-corrected chi connectivity index (χ2v) is 3.63. The van der Waals surface area contributed by atoms with Gasteiger partial charge in [0, 0.05) is 16.2 Å². The lowest BCUT2D eigenvalue weighted by Crippen LogP contribution is -1.93. The number of rotatable bonds is 3. The molecule has 0 aliphatic carbocycles. The maximum absolute atomic E-state index is 5.19. The predicted octanol–water partition coefficient (Wildman–Crippen LogP) is 2.45. The van der Waals surface area contributed by atoms with Gasteiger partial charge in [-0.1, -0.05) is 6.07 Å². The van der Waals surface area contributed by atoms with Crippen LogP contribution in [0.1, 0.15) is 5.56 Å². The largest absolute Gasteiger partial charge is 0.496 e. The fraction of sp³-hybridized carbons (Fsp3) is 0.333. The van der Waals surface area contributed by atoms with Gasteiger partial charge < -0.3 is 9.47 Å². The summed E-state index contributed by atoms with van der Waals surface area (Å²) in [6.45, 7) is 0.597. The average Bonchev–Trinajstić information content (AvgIpc) is 2.08. The Morgan fingerprint density at radius 1 is 1.33 bits per heavy atom. The molecule has 1 aromatic rings. The summed E-state index contributed by atoms with van der Waals surface area (Å²) in [5, 5.41) is 0. The van der Waals surface area contributed by atoms with Gasteiger partial charge in [-0.2, -0.15) is 0 Å². The first-order chi connectivity index (χ1) is 5.77. The van der Waals surface area contributed by atoms with Crippen LogP contribution in [0.25, 0.3) is 0 Å². The van der Waals surface area contributed by atoms with Crippen molar-refractivity contribution in [1.29, 1.82) is 0 Å². The number of halogens is 1. The molecule has 0 aliphatic heterocycles.